The highest BCUT2D eigenvalue weighted by atomic mass is 16.2. The second-order valence-electron chi connectivity index (χ2n) is 9.21. The van der Waals surface area contributed by atoms with E-state index in [1.807, 2.05) is 23.1 Å². The predicted molar refractivity (Wildman–Crippen MR) is 121 cm³/mol. The van der Waals surface area contributed by atoms with Crippen LogP contribution in [0.4, 0.5) is 4.79 Å². The van der Waals surface area contributed by atoms with Gasteiger partial charge in [0.1, 0.15) is 0 Å². The first-order chi connectivity index (χ1) is 15.1. The number of aryl methyl sites for hydroxylation is 1. The Morgan fingerprint density at radius 1 is 1.13 bits per heavy atom. The number of nitrogens with zero attached hydrogens (tertiary/aromatic N) is 2. The molecule has 5 heteroatoms. The highest BCUT2D eigenvalue weighted by Gasteiger charge is 2.48. The van der Waals surface area contributed by atoms with Crippen LogP contribution >= 0.6 is 0 Å². The number of likely N-dealkylation sites (tertiary alicyclic amines) is 1. The van der Waals surface area contributed by atoms with Gasteiger partial charge in [0.2, 0.25) is 5.91 Å². The SMILES string of the molecule is Cc1ccc2c(c1)CCN1C(=O)[C@@H]3CCCN(C(=O)NCCc4ccccc4)[C@@H]3C[C@H]21. The first kappa shape index (κ1) is 20.1. The monoisotopic (exact) mass is 417 g/mol. The van der Waals surface area contributed by atoms with Gasteiger partial charge >= 0.3 is 6.03 Å². The molecule has 0 spiro atoms. The van der Waals surface area contributed by atoms with Crippen molar-refractivity contribution in [3.8, 4) is 0 Å². The summed E-state index contributed by atoms with van der Waals surface area (Å²) in [6.07, 6.45) is 4.38. The number of hydrogen-bond acceptors (Lipinski definition) is 2. The maximum absolute atomic E-state index is 13.4. The molecule has 31 heavy (non-hydrogen) atoms. The average Bonchev–Trinajstić information content (AvgIpc) is 2.79. The molecule has 0 aliphatic carbocycles. The van der Waals surface area contributed by atoms with Crippen LogP contribution in [0.1, 0.15) is 47.6 Å². The van der Waals surface area contributed by atoms with Gasteiger partial charge in [-0.1, -0.05) is 54.1 Å². The van der Waals surface area contributed by atoms with Crippen LogP contribution in [0.15, 0.2) is 48.5 Å². The van der Waals surface area contributed by atoms with Gasteiger partial charge in [0.25, 0.3) is 0 Å². The van der Waals surface area contributed by atoms with Crippen LogP contribution in [0.5, 0.6) is 0 Å². The number of carbonyl (C=O) groups excluding carboxylic acids is 2. The Labute approximate surface area is 184 Å². The molecule has 3 heterocycles. The Morgan fingerprint density at radius 3 is 2.81 bits per heavy atom. The van der Waals surface area contributed by atoms with Gasteiger partial charge in [-0.25, -0.2) is 4.79 Å². The number of piperidine rings is 2. The molecule has 0 unspecified atom stereocenters. The smallest absolute Gasteiger partial charge is 0.317 e. The van der Waals surface area contributed by atoms with Gasteiger partial charge in [-0.2, -0.15) is 0 Å². The first-order valence-corrected chi connectivity index (χ1v) is 11.6. The number of rotatable bonds is 3. The molecular weight excluding hydrogens is 386 g/mol. The summed E-state index contributed by atoms with van der Waals surface area (Å²) < 4.78 is 0. The van der Waals surface area contributed by atoms with Gasteiger partial charge in [-0.3, -0.25) is 4.79 Å². The summed E-state index contributed by atoms with van der Waals surface area (Å²) in [5.74, 6) is 0.186. The van der Waals surface area contributed by atoms with Gasteiger partial charge in [0.05, 0.1) is 12.0 Å². The Hall–Kier alpha value is -2.82. The third kappa shape index (κ3) is 3.82. The molecule has 0 aromatic heterocycles. The van der Waals surface area contributed by atoms with Crippen molar-refractivity contribution in [2.75, 3.05) is 19.6 Å². The fourth-order valence-corrected chi connectivity index (χ4v) is 5.75. The minimum Gasteiger partial charge on any atom is -0.338 e. The summed E-state index contributed by atoms with van der Waals surface area (Å²) >= 11 is 0. The lowest BCUT2D eigenvalue weighted by Gasteiger charge is -2.51. The molecule has 3 aliphatic heterocycles. The fraction of sp³-hybridized carbons (Fsp3) is 0.462. The lowest BCUT2D eigenvalue weighted by molar-refractivity contribution is -0.148. The van der Waals surface area contributed by atoms with Crippen molar-refractivity contribution in [1.29, 1.82) is 0 Å². The summed E-state index contributed by atoms with van der Waals surface area (Å²) in [4.78, 5) is 30.5. The van der Waals surface area contributed by atoms with Crippen molar-refractivity contribution in [3.63, 3.8) is 0 Å². The Kier molecular flexibility index (Phi) is 5.43. The molecule has 3 amide bonds. The summed E-state index contributed by atoms with van der Waals surface area (Å²) in [7, 11) is 0. The molecule has 2 aromatic carbocycles. The van der Waals surface area contributed by atoms with Gasteiger partial charge in [0, 0.05) is 25.7 Å². The van der Waals surface area contributed by atoms with E-state index in [4.69, 9.17) is 0 Å². The second kappa shape index (κ2) is 8.37. The lowest BCUT2D eigenvalue weighted by Crippen LogP contribution is -2.61. The molecule has 1 N–H and O–H groups in total. The zero-order chi connectivity index (χ0) is 21.4. The minimum absolute atomic E-state index is 0.00789. The van der Waals surface area contributed by atoms with Crippen molar-refractivity contribution in [1.82, 2.24) is 15.1 Å². The van der Waals surface area contributed by atoms with Crippen molar-refractivity contribution >= 4 is 11.9 Å². The maximum atomic E-state index is 13.4. The zero-order valence-electron chi connectivity index (χ0n) is 18.2. The summed E-state index contributed by atoms with van der Waals surface area (Å²) in [5, 5.41) is 3.11. The van der Waals surface area contributed by atoms with Gasteiger partial charge < -0.3 is 15.1 Å². The molecular formula is C26H31N3O2. The highest BCUT2D eigenvalue weighted by molar-refractivity contribution is 5.83. The average molecular weight is 418 g/mol. The van der Waals surface area contributed by atoms with Crippen LogP contribution in [-0.4, -0.2) is 47.4 Å². The largest absolute Gasteiger partial charge is 0.338 e. The molecule has 2 fully saturated rings. The molecule has 5 rings (SSSR count). The van der Waals surface area contributed by atoms with Crippen molar-refractivity contribution in [2.24, 2.45) is 5.92 Å². The molecule has 0 radical (unpaired) electrons. The molecule has 3 aliphatic rings. The predicted octanol–water partition coefficient (Wildman–Crippen LogP) is 3.86. The van der Waals surface area contributed by atoms with Gasteiger partial charge in [-0.05, 0) is 55.7 Å². The van der Waals surface area contributed by atoms with E-state index < -0.39 is 0 Å². The number of benzene rings is 2. The molecule has 2 saturated heterocycles. The number of carbonyl (C=O) groups is 2. The summed E-state index contributed by atoms with van der Waals surface area (Å²) in [6, 6.07) is 16.9. The topological polar surface area (TPSA) is 52.7 Å². The number of hydrogen-bond donors (Lipinski definition) is 1. The van der Waals surface area contributed by atoms with Crippen LogP contribution in [0, 0.1) is 12.8 Å². The molecule has 0 bridgehead atoms. The highest BCUT2D eigenvalue weighted by Crippen LogP contribution is 2.43. The molecule has 5 nitrogen and oxygen atoms in total. The fourth-order valence-electron chi connectivity index (χ4n) is 5.75. The quantitative estimate of drug-likeness (QED) is 0.825. The van der Waals surface area contributed by atoms with Crippen LogP contribution in [-0.2, 0) is 17.6 Å². The normalized spacial score (nSPS) is 24.8. The van der Waals surface area contributed by atoms with E-state index in [1.54, 1.807) is 0 Å². The Morgan fingerprint density at radius 2 is 1.97 bits per heavy atom. The summed E-state index contributed by atoms with van der Waals surface area (Å²) in [5.41, 5.74) is 5.13. The number of amides is 3. The van der Waals surface area contributed by atoms with Crippen molar-refractivity contribution in [3.05, 3.63) is 70.8 Å². The van der Waals surface area contributed by atoms with Crippen molar-refractivity contribution < 1.29 is 9.59 Å². The van der Waals surface area contributed by atoms with E-state index in [0.29, 0.717) is 6.54 Å². The third-order valence-electron chi connectivity index (χ3n) is 7.29. The van der Waals surface area contributed by atoms with Gasteiger partial charge in [0.15, 0.2) is 0 Å². The van der Waals surface area contributed by atoms with Crippen LogP contribution in [0.25, 0.3) is 0 Å². The van der Waals surface area contributed by atoms with Crippen LogP contribution < -0.4 is 5.32 Å². The Balaban J connectivity index is 1.31. The van der Waals surface area contributed by atoms with E-state index in [0.717, 1.165) is 45.2 Å². The van der Waals surface area contributed by atoms with E-state index in [-0.39, 0.29) is 29.9 Å². The number of nitrogens with one attached hydrogen (secondary N) is 1. The van der Waals surface area contributed by atoms with E-state index >= 15 is 0 Å². The lowest BCUT2D eigenvalue weighted by atomic mass is 9.76. The standard InChI is InChI=1S/C26H31N3O2/c1-18-9-10-21-20(16-18)12-15-28-23(21)17-24-22(25(28)30)8-5-14-29(24)26(31)27-13-11-19-6-3-2-4-7-19/h2-4,6-7,9-10,16,22-24H,5,8,11-15,17H2,1H3,(H,27,31)/t22-,23-,24-/m1/s1. The van der Waals surface area contributed by atoms with Crippen LogP contribution in [0.2, 0.25) is 0 Å². The molecule has 0 saturated carbocycles. The molecule has 162 valence electrons. The maximum Gasteiger partial charge on any atom is 0.317 e. The van der Waals surface area contributed by atoms with E-state index in [2.05, 4.69) is 47.5 Å². The Bertz CT molecular complexity index is 974. The van der Waals surface area contributed by atoms with Gasteiger partial charge in [-0.15, -0.1) is 0 Å². The zero-order valence-corrected chi connectivity index (χ0v) is 18.2. The van der Waals surface area contributed by atoms with Crippen molar-refractivity contribution in [2.45, 2.75) is 51.1 Å². The minimum atomic E-state index is -0.0585. The van der Waals surface area contributed by atoms with E-state index in [1.165, 1.54) is 22.3 Å². The second-order valence-corrected chi connectivity index (χ2v) is 9.21. The molecule has 2 aromatic rings. The summed E-state index contributed by atoms with van der Waals surface area (Å²) in [6.45, 7) is 4.27. The molecule has 3 atom stereocenters. The van der Waals surface area contributed by atoms with E-state index in [9.17, 15) is 9.59 Å². The number of urea groups is 1. The third-order valence-corrected chi connectivity index (χ3v) is 7.29. The first-order valence-electron chi connectivity index (χ1n) is 11.6. The number of fused-ring (bicyclic) bond motifs is 4. The van der Waals surface area contributed by atoms with Crippen LogP contribution in [0.3, 0.4) is 0 Å².